The first-order chi connectivity index (χ1) is 14.2. The topological polar surface area (TPSA) is 49.4 Å². The number of carbonyl (C=O) groups is 2. The van der Waals surface area contributed by atoms with Gasteiger partial charge in [0.2, 0.25) is 11.8 Å². The Hall–Kier alpha value is -1.40. The Morgan fingerprint density at radius 3 is 2.27 bits per heavy atom. The summed E-state index contributed by atoms with van der Waals surface area (Å²) in [5, 5.41) is 4.40. The molecule has 0 aromatic heterocycles. The first-order valence-corrected chi connectivity index (χ1v) is 11.7. The zero-order chi connectivity index (χ0) is 22.3. The van der Waals surface area contributed by atoms with Gasteiger partial charge in [0.25, 0.3) is 0 Å². The lowest BCUT2D eigenvalue weighted by Gasteiger charge is -2.29. The van der Waals surface area contributed by atoms with Gasteiger partial charge in [-0.25, -0.2) is 0 Å². The van der Waals surface area contributed by atoms with Gasteiger partial charge in [-0.15, -0.1) is 11.8 Å². The molecule has 0 saturated carbocycles. The second-order valence-corrected chi connectivity index (χ2v) is 9.63. The largest absolute Gasteiger partial charge is 0.354 e. The van der Waals surface area contributed by atoms with E-state index in [1.54, 1.807) is 42.2 Å². The number of benzene rings is 2. The third kappa shape index (κ3) is 7.69. The number of nitrogens with one attached hydrogen (secondary N) is 1. The van der Waals surface area contributed by atoms with Crippen LogP contribution in [0.4, 0.5) is 0 Å². The summed E-state index contributed by atoms with van der Waals surface area (Å²) in [6.45, 7) is 6.58. The molecule has 0 aliphatic rings. The van der Waals surface area contributed by atoms with E-state index in [0.29, 0.717) is 27.5 Å². The summed E-state index contributed by atoms with van der Waals surface area (Å²) < 4.78 is 0. The standard InChI is InChI=1S/C22H25Cl3N2O2S/c1-14(2)11-26-22(29)15(3)27(12-16-4-9-19(24)20(25)10-16)21(28)13-30-18-7-5-17(23)6-8-18/h4-10,14-15H,11-13H2,1-3H3,(H,26,29)/t15-/m1/s1. The molecule has 162 valence electrons. The number of hydrogen-bond donors (Lipinski definition) is 1. The number of carbonyl (C=O) groups excluding carboxylic acids is 2. The summed E-state index contributed by atoms with van der Waals surface area (Å²) in [6.07, 6.45) is 0. The highest BCUT2D eigenvalue weighted by atomic mass is 35.5. The molecular formula is C22H25Cl3N2O2S. The van der Waals surface area contributed by atoms with E-state index in [-0.39, 0.29) is 24.1 Å². The molecule has 0 radical (unpaired) electrons. The summed E-state index contributed by atoms with van der Waals surface area (Å²) in [4.78, 5) is 28.2. The highest BCUT2D eigenvalue weighted by Gasteiger charge is 2.26. The third-order valence-corrected chi connectivity index (χ3v) is 6.35. The van der Waals surface area contributed by atoms with E-state index in [9.17, 15) is 9.59 Å². The summed E-state index contributed by atoms with van der Waals surface area (Å²) in [7, 11) is 0. The van der Waals surface area contributed by atoms with Crippen molar-refractivity contribution in [3.05, 3.63) is 63.1 Å². The molecule has 0 fully saturated rings. The SMILES string of the molecule is CC(C)CNC(=O)[C@@H](C)N(Cc1ccc(Cl)c(Cl)c1)C(=O)CSc1ccc(Cl)cc1. The van der Waals surface area contributed by atoms with Crippen molar-refractivity contribution in [1.82, 2.24) is 10.2 Å². The molecule has 0 bridgehead atoms. The number of rotatable bonds is 9. The lowest BCUT2D eigenvalue weighted by Crippen LogP contribution is -2.48. The number of hydrogen-bond acceptors (Lipinski definition) is 3. The van der Waals surface area contributed by atoms with Crippen LogP contribution >= 0.6 is 46.6 Å². The molecule has 1 atom stereocenters. The second-order valence-electron chi connectivity index (χ2n) is 7.33. The van der Waals surface area contributed by atoms with Gasteiger partial charge < -0.3 is 10.2 Å². The zero-order valence-corrected chi connectivity index (χ0v) is 20.2. The molecule has 2 rings (SSSR count). The maximum atomic E-state index is 13.1. The fourth-order valence-corrected chi connectivity index (χ4v) is 3.86. The molecule has 1 N–H and O–H groups in total. The quantitative estimate of drug-likeness (QED) is 0.446. The molecular weight excluding hydrogens is 463 g/mol. The van der Waals surface area contributed by atoms with Crippen molar-refractivity contribution in [2.75, 3.05) is 12.3 Å². The van der Waals surface area contributed by atoms with Crippen molar-refractivity contribution in [3.63, 3.8) is 0 Å². The maximum Gasteiger partial charge on any atom is 0.242 e. The Morgan fingerprint density at radius 2 is 1.67 bits per heavy atom. The van der Waals surface area contributed by atoms with E-state index < -0.39 is 6.04 Å². The minimum absolute atomic E-state index is 0.145. The van der Waals surface area contributed by atoms with Gasteiger partial charge in [-0.05, 0) is 54.8 Å². The molecule has 4 nitrogen and oxygen atoms in total. The molecule has 0 saturated heterocycles. The Kier molecular flexibility index (Phi) is 9.82. The molecule has 0 unspecified atom stereocenters. The summed E-state index contributed by atoms with van der Waals surface area (Å²) in [5.74, 6) is 0.188. The molecule has 0 aliphatic carbocycles. The molecule has 2 aromatic rings. The minimum Gasteiger partial charge on any atom is -0.354 e. The van der Waals surface area contributed by atoms with E-state index in [4.69, 9.17) is 34.8 Å². The zero-order valence-electron chi connectivity index (χ0n) is 17.1. The Bertz CT molecular complexity index is 875. The van der Waals surface area contributed by atoms with Crippen LogP contribution in [0.1, 0.15) is 26.3 Å². The van der Waals surface area contributed by atoms with Crippen molar-refractivity contribution in [2.45, 2.75) is 38.3 Å². The molecule has 2 amide bonds. The predicted molar refractivity (Wildman–Crippen MR) is 126 cm³/mol. The summed E-state index contributed by atoms with van der Waals surface area (Å²) in [6, 6.07) is 11.9. The average Bonchev–Trinajstić information content (AvgIpc) is 2.71. The first kappa shape index (κ1) is 24.9. The molecule has 0 spiro atoms. The van der Waals surface area contributed by atoms with Crippen molar-refractivity contribution in [1.29, 1.82) is 0 Å². The summed E-state index contributed by atoms with van der Waals surface area (Å²) >= 11 is 19.4. The molecule has 30 heavy (non-hydrogen) atoms. The van der Waals surface area contributed by atoms with Crippen LogP contribution in [0.3, 0.4) is 0 Å². The second kappa shape index (κ2) is 11.8. The monoisotopic (exact) mass is 486 g/mol. The van der Waals surface area contributed by atoms with Crippen LogP contribution < -0.4 is 5.32 Å². The smallest absolute Gasteiger partial charge is 0.242 e. The van der Waals surface area contributed by atoms with Gasteiger partial charge in [-0.2, -0.15) is 0 Å². The number of amides is 2. The normalized spacial score (nSPS) is 12.0. The lowest BCUT2D eigenvalue weighted by atomic mass is 10.1. The van der Waals surface area contributed by atoms with Crippen molar-refractivity contribution >= 4 is 58.4 Å². The number of thioether (sulfide) groups is 1. The first-order valence-electron chi connectivity index (χ1n) is 9.57. The van der Waals surface area contributed by atoms with Crippen LogP contribution in [0, 0.1) is 5.92 Å². The molecule has 0 aliphatic heterocycles. The number of halogens is 3. The summed E-state index contributed by atoms with van der Waals surface area (Å²) in [5.41, 5.74) is 0.803. The van der Waals surface area contributed by atoms with E-state index in [1.807, 2.05) is 26.0 Å². The Labute approximate surface area is 197 Å². The molecule has 8 heteroatoms. The van der Waals surface area contributed by atoms with E-state index in [2.05, 4.69) is 5.32 Å². The van der Waals surface area contributed by atoms with Gasteiger partial charge in [0, 0.05) is 23.0 Å². The van der Waals surface area contributed by atoms with Crippen LogP contribution in [-0.2, 0) is 16.1 Å². The van der Waals surface area contributed by atoms with Crippen molar-refractivity contribution in [2.24, 2.45) is 5.92 Å². The van der Waals surface area contributed by atoms with Crippen molar-refractivity contribution < 1.29 is 9.59 Å². The Morgan fingerprint density at radius 1 is 1.00 bits per heavy atom. The van der Waals surface area contributed by atoms with Gasteiger partial charge in [0.1, 0.15) is 6.04 Å². The van der Waals surface area contributed by atoms with Crippen LogP contribution in [0.5, 0.6) is 0 Å². The van der Waals surface area contributed by atoms with Crippen LogP contribution in [0.15, 0.2) is 47.4 Å². The highest BCUT2D eigenvalue weighted by molar-refractivity contribution is 8.00. The van der Waals surface area contributed by atoms with E-state index in [0.717, 1.165) is 10.5 Å². The van der Waals surface area contributed by atoms with Gasteiger partial charge >= 0.3 is 0 Å². The van der Waals surface area contributed by atoms with Crippen LogP contribution in [0.25, 0.3) is 0 Å². The van der Waals surface area contributed by atoms with E-state index in [1.165, 1.54) is 11.8 Å². The van der Waals surface area contributed by atoms with Crippen LogP contribution in [0.2, 0.25) is 15.1 Å². The number of nitrogens with zero attached hydrogens (tertiary/aromatic N) is 1. The van der Waals surface area contributed by atoms with Gasteiger partial charge in [0.05, 0.1) is 15.8 Å². The third-order valence-electron chi connectivity index (χ3n) is 4.36. The lowest BCUT2D eigenvalue weighted by molar-refractivity contribution is -0.138. The maximum absolute atomic E-state index is 13.1. The van der Waals surface area contributed by atoms with E-state index >= 15 is 0 Å². The van der Waals surface area contributed by atoms with Crippen molar-refractivity contribution in [3.8, 4) is 0 Å². The molecule has 0 heterocycles. The average molecular weight is 488 g/mol. The molecule has 2 aromatic carbocycles. The fourth-order valence-electron chi connectivity index (χ4n) is 2.63. The fraction of sp³-hybridized carbons (Fsp3) is 0.364. The van der Waals surface area contributed by atoms with Gasteiger partial charge in [-0.3, -0.25) is 9.59 Å². The minimum atomic E-state index is -0.628. The Balaban J connectivity index is 2.15. The van der Waals surface area contributed by atoms with Gasteiger partial charge in [-0.1, -0.05) is 54.7 Å². The predicted octanol–water partition coefficient (Wildman–Crippen LogP) is 5.93. The van der Waals surface area contributed by atoms with Crippen LogP contribution in [-0.4, -0.2) is 35.1 Å². The highest BCUT2D eigenvalue weighted by Crippen LogP contribution is 2.25. The van der Waals surface area contributed by atoms with Gasteiger partial charge in [0.15, 0.2) is 0 Å².